The molecule has 1 aromatic rings. The van der Waals surface area contributed by atoms with Crippen LogP contribution in [0.25, 0.3) is 0 Å². The van der Waals surface area contributed by atoms with Gasteiger partial charge in [-0.05, 0) is 18.1 Å². The van der Waals surface area contributed by atoms with Crippen molar-refractivity contribution in [2.45, 2.75) is 19.4 Å². The van der Waals surface area contributed by atoms with E-state index in [9.17, 15) is 4.79 Å². The maximum atomic E-state index is 10.8. The maximum absolute atomic E-state index is 10.8. The summed E-state index contributed by atoms with van der Waals surface area (Å²) in [5.41, 5.74) is 1.73. The highest BCUT2D eigenvalue weighted by Crippen LogP contribution is 2.14. The van der Waals surface area contributed by atoms with Crippen molar-refractivity contribution in [3.05, 3.63) is 17.5 Å². The number of amides is 1. The second kappa shape index (κ2) is 3.57. The Morgan fingerprint density at radius 1 is 1.57 bits per heavy atom. The predicted molar refractivity (Wildman–Crippen MR) is 46.6 cm³/mol. The van der Waals surface area contributed by atoms with Crippen molar-refractivity contribution in [3.8, 4) is 0 Å². The molecule has 0 fully saturated rings. The van der Waals surface area contributed by atoms with E-state index in [0.29, 0.717) is 13.1 Å². The van der Waals surface area contributed by atoms with Gasteiger partial charge in [0.1, 0.15) is 0 Å². The first-order valence-corrected chi connectivity index (χ1v) is 4.41. The lowest BCUT2D eigenvalue weighted by Gasteiger charge is -2.15. The molecule has 0 saturated heterocycles. The molecular formula is C8H10N4O2. The van der Waals surface area contributed by atoms with Crippen molar-refractivity contribution in [2.75, 3.05) is 6.54 Å². The fourth-order valence-corrected chi connectivity index (χ4v) is 1.54. The van der Waals surface area contributed by atoms with Gasteiger partial charge in [-0.1, -0.05) is 0 Å². The Hall–Kier alpha value is -1.72. The number of hydrogen-bond acceptors (Lipinski definition) is 4. The monoisotopic (exact) mass is 194 g/mol. The van der Waals surface area contributed by atoms with E-state index in [0.717, 1.165) is 24.1 Å². The van der Waals surface area contributed by atoms with Gasteiger partial charge in [-0.2, -0.15) is 0 Å². The third-order valence-electron chi connectivity index (χ3n) is 2.27. The summed E-state index contributed by atoms with van der Waals surface area (Å²) in [6.07, 6.45) is 2.26. The van der Waals surface area contributed by atoms with Crippen LogP contribution in [0.15, 0.2) is 6.20 Å². The second-order valence-electron chi connectivity index (χ2n) is 3.21. The molecule has 2 heterocycles. The Morgan fingerprint density at radius 3 is 3.21 bits per heavy atom. The maximum Gasteiger partial charge on any atom is 0.407 e. The number of hydrogen-bond donors (Lipinski definition) is 1. The molecule has 0 spiro atoms. The van der Waals surface area contributed by atoms with Crippen LogP contribution in [0.1, 0.15) is 17.7 Å². The standard InChI is InChI=1S/C8H10N4O2/c13-8(14)12-3-1-2-7-6(5-12)4-9-11-10-7/h4H,1-3,5H2,(H,13,14). The Bertz CT molecular complexity index is 355. The molecule has 6 heteroatoms. The molecule has 6 nitrogen and oxygen atoms in total. The molecule has 1 N–H and O–H groups in total. The molecule has 14 heavy (non-hydrogen) atoms. The molecule has 1 aromatic heterocycles. The number of aromatic nitrogens is 3. The summed E-state index contributed by atoms with van der Waals surface area (Å²) in [7, 11) is 0. The van der Waals surface area contributed by atoms with Crippen LogP contribution in [0.2, 0.25) is 0 Å². The summed E-state index contributed by atoms with van der Waals surface area (Å²) in [6, 6.07) is 0. The normalized spacial score (nSPS) is 15.9. The van der Waals surface area contributed by atoms with E-state index in [4.69, 9.17) is 5.11 Å². The Labute approximate surface area is 80.6 Å². The lowest BCUT2D eigenvalue weighted by Crippen LogP contribution is -2.28. The summed E-state index contributed by atoms with van der Waals surface area (Å²) in [6.45, 7) is 0.916. The van der Waals surface area contributed by atoms with Crippen molar-refractivity contribution in [2.24, 2.45) is 0 Å². The average Bonchev–Trinajstić information content (AvgIpc) is 2.39. The Kier molecular flexibility index (Phi) is 2.26. The first kappa shape index (κ1) is 8.86. The highest BCUT2D eigenvalue weighted by Gasteiger charge is 2.18. The fourth-order valence-electron chi connectivity index (χ4n) is 1.54. The summed E-state index contributed by atoms with van der Waals surface area (Å²) in [5, 5.41) is 19.9. The molecule has 2 rings (SSSR count). The van der Waals surface area contributed by atoms with Crippen LogP contribution < -0.4 is 0 Å². The predicted octanol–water partition coefficient (Wildman–Crippen LogP) is 0.298. The number of carbonyl (C=O) groups is 1. The lowest BCUT2D eigenvalue weighted by atomic mass is 10.2. The molecule has 0 atom stereocenters. The number of carboxylic acid groups (broad SMARTS) is 1. The number of fused-ring (bicyclic) bond motifs is 1. The minimum absolute atomic E-state index is 0.368. The third-order valence-corrected chi connectivity index (χ3v) is 2.27. The molecule has 0 saturated carbocycles. The van der Waals surface area contributed by atoms with Crippen LogP contribution in [0.4, 0.5) is 4.79 Å². The van der Waals surface area contributed by atoms with Crippen LogP contribution in [0.3, 0.4) is 0 Å². The molecule has 1 amide bonds. The smallest absolute Gasteiger partial charge is 0.407 e. The van der Waals surface area contributed by atoms with E-state index in [2.05, 4.69) is 15.4 Å². The van der Waals surface area contributed by atoms with Crippen molar-refractivity contribution < 1.29 is 9.90 Å². The van der Waals surface area contributed by atoms with Gasteiger partial charge in [-0.3, -0.25) is 0 Å². The van der Waals surface area contributed by atoms with Gasteiger partial charge in [0, 0.05) is 12.1 Å². The van der Waals surface area contributed by atoms with Gasteiger partial charge in [0.2, 0.25) is 0 Å². The SMILES string of the molecule is O=C(O)N1CCCc2nnncc2C1. The van der Waals surface area contributed by atoms with Crippen LogP contribution >= 0.6 is 0 Å². The van der Waals surface area contributed by atoms with E-state index in [1.165, 1.54) is 4.90 Å². The molecule has 0 aliphatic carbocycles. The third kappa shape index (κ3) is 1.63. The van der Waals surface area contributed by atoms with Gasteiger partial charge >= 0.3 is 6.09 Å². The summed E-state index contributed by atoms with van der Waals surface area (Å²) in [4.78, 5) is 12.2. The largest absolute Gasteiger partial charge is 0.465 e. The van der Waals surface area contributed by atoms with Gasteiger partial charge in [0.15, 0.2) is 0 Å². The number of aryl methyl sites for hydroxylation is 1. The summed E-state index contributed by atoms with van der Waals surface area (Å²) in [5.74, 6) is 0. The Morgan fingerprint density at radius 2 is 2.43 bits per heavy atom. The lowest BCUT2D eigenvalue weighted by molar-refractivity contribution is 0.143. The first-order valence-electron chi connectivity index (χ1n) is 4.41. The van der Waals surface area contributed by atoms with E-state index in [1.807, 2.05) is 0 Å². The molecular weight excluding hydrogens is 184 g/mol. The minimum Gasteiger partial charge on any atom is -0.465 e. The Balaban J connectivity index is 2.26. The van der Waals surface area contributed by atoms with Crippen molar-refractivity contribution in [1.29, 1.82) is 0 Å². The zero-order valence-electron chi connectivity index (χ0n) is 7.55. The van der Waals surface area contributed by atoms with E-state index >= 15 is 0 Å². The van der Waals surface area contributed by atoms with E-state index in [1.54, 1.807) is 6.20 Å². The minimum atomic E-state index is -0.894. The van der Waals surface area contributed by atoms with Crippen molar-refractivity contribution >= 4 is 6.09 Å². The van der Waals surface area contributed by atoms with E-state index < -0.39 is 6.09 Å². The van der Waals surface area contributed by atoms with Crippen LogP contribution in [-0.2, 0) is 13.0 Å². The highest BCUT2D eigenvalue weighted by molar-refractivity contribution is 5.65. The summed E-state index contributed by atoms with van der Waals surface area (Å²) >= 11 is 0. The van der Waals surface area contributed by atoms with Gasteiger partial charge < -0.3 is 10.0 Å². The van der Waals surface area contributed by atoms with Gasteiger partial charge in [0.25, 0.3) is 0 Å². The second-order valence-corrected chi connectivity index (χ2v) is 3.21. The van der Waals surface area contributed by atoms with Crippen LogP contribution in [-0.4, -0.2) is 38.1 Å². The fraction of sp³-hybridized carbons (Fsp3) is 0.500. The molecule has 1 aliphatic heterocycles. The van der Waals surface area contributed by atoms with Gasteiger partial charge in [-0.25, -0.2) is 4.79 Å². The van der Waals surface area contributed by atoms with Gasteiger partial charge in [0.05, 0.1) is 18.4 Å². The molecule has 0 bridgehead atoms. The molecule has 1 aliphatic rings. The van der Waals surface area contributed by atoms with Crippen LogP contribution in [0, 0.1) is 0 Å². The number of rotatable bonds is 0. The molecule has 0 unspecified atom stereocenters. The molecule has 74 valence electrons. The average molecular weight is 194 g/mol. The highest BCUT2D eigenvalue weighted by atomic mass is 16.4. The van der Waals surface area contributed by atoms with Crippen molar-refractivity contribution in [3.63, 3.8) is 0 Å². The first-order chi connectivity index (χ1) is 6.77. The molecule has 0 radical (unpaired) electrons. The van der Waals surface area contributed by atoms with E-state index in [-0.39, 0.29) is 0 Å². The van der Waals surface area contributed by atoms with Crippen molar-refractivity contribution in [1.82, 2.24) is 20.3 Å². The quantitative estimate of drug-likeness (QED) is 0.642. The van der Waals surface area contributed by atoms with Gasteiger partial charge in [-0.15, -0.1) is 10.2 Å². The zero-order valence-corrected chi connectivity index (χ0v) is 7.55. The molecule has 0 aromatic carbocycles. The zero-order chi connectivity index (χ0) is 9.97. The number of nitrogens with zero attached hydrogens (tertiary/aromatic N) is 4. The topological polar surface area (TPSA) is 79.2 Å². The van der Waals surface area contributed by atoms with Crippen LogP contribution in [0.5, 0.6) is 0 Å². The summed E-state index contributed by atoms with van der Waals surface area (Å²) < 4.78 is 0.